The second-order valence-corrected chi connectivity index (χ2v) is 22.9. The summed E-state index contributed by atoms with van der Waals surface area (Å²) in [4.78, 5) is 0. The van der Waals surface area contributed by atoms with Crippen molar-refractivity contribution in [1.82, 2.24) is 0 Å². The van der Waals surface area contributed by atoms with Gasteiger partial charge in [-0.25, -0.2) is 0 Å². The Morgan fingerprint density at radius 3 is 0.313 bits per heavy atom. The fourth-order valence-electron chi connectivity index (χ4n) is 11.1. The molecule has 0 heterocycles. The lowest BCUT2D eigenvalue weighted by Crippen LogP contribution is -1.88. The van der Waals surface area contributed by atoms with E-state index in [4.69, 9.17) is 4.74 Å². The Kier molecular flexibility index (Phi) is 65.9. The summed E-state index contributed by atoms with van der Waals surface area (Å²) in [6, 6.07) is 0. The molecule has 0 aromatic rings. The van der Waals surface area contributed by atoms with Gasteiger partial charge in [-0.2, -0.15) is 0 Å². The van der Waals surface area contributed by atoms with Crippen LogP contribution in [-0.4, -0.2) is 13.7 Å². The molecule has 0 saturated heterocycles. The van der Waals surface area contributed by atoms with E-state index in [2.05, 4.69) is 6.92 Å². The molecule has 0 aliphatic carbocycles. The molecular weight excluding hydrogens is 809 g/mol. The molecule has 0 radical (unpaired) electrons. The minimum absolute atomic E-state index is 0.944. The zero-order chi connectivity index (χ0) is 48.0. The van der Waals surface area contributed by atoms with Crippen molar-refractivity contribution in [3.05, 3.63) is 0 Å². The summed E-state index contributed by atoms with van der Waals surface area (Å²) in [6.07, 6.45) is 93.3. The van der Waals surface area contributed by atoms with Gasteiger partial charge in [0.05, 0.1) is 0 Å². The van der Waals surface area contributed by atoms with Crippen molar-refractivity contribution in [3.8, 4) is 0 Å². The SMILES string of the molecule is CCCCCCCCCCCCCCCCCCCCCCCCCCCCCCCCCCCCCCCCCCCCCCCCCCCCCCCCCCCCCCCCCOC. The fraction of sp³-hybridized carbons (Fsp3) is 1.00. The third kappa shape index (κ3) is 66.0. The molecule has 0 spiro atoms. The van der Waals surface area contributed by atoms with Crippen molar-refractivity contribution in [1.29, 1.82) is 0 Å². The largest absolute Gasteiger partial charge is 0.385 e. The number of methoxy groups -OCH3 is 1. The highest BCUT2D eigenvalue weighted by Gasteiger charge is 2.00. The Balaban J connectivity index is 3.07. The molecule has 0 bridgehead atoms. The lowest BCUT2D eigenvalue weighted by Gasteiger charge is -2.05. The van der Waals surface area contributed by atoms with E-state index in [0.717, 1.165) is 6.61 Å². The molecule has 0 atom stereocenters. The van der Waals surface area contributed by atoms with E-state index in [1.807, 2.05) is 7.11 Å². The van der Waals surface area contributed by atoms with Gasteiger partial charge in [-0.3, -0.25) is 0 Å². The van der Waals surface area contributed by atoms with Gasteiger partial charge in [0.2, 0.25) is 0 Å². The third-order valence-electron chi connectivity index (χ3n) is 16.0. The van der Waals surface area contributed by atoms with Crippen LogP contribution in [0.1, 0.15) is 411 Å². The molecule has 0 fully saturated rings. The van der Waals surface area contributed by atoms with E-state index in [9.17, 15) is 0 Å². The van der Waals surface area contributed by atoms with Crippen LogP contribution in [0.15, 0.2) is 0 Å². The van der Waals surface area contributed by atoms with Crippen molar-refractivity contribution in [2.75, 3.05) is 13.7 Å². The van der Waals surface area contributed by atoms with Crippen molar-refractivity contribution in [3.63, 3.8) is 0 Å². The van der Waals surface area contributed by atoms with Crippen LogP contribution >= 0.6 is 0 Å². The Hall–Kier alpha value is -0.0400. The molecule has 0 rings (SSSR count). The fourth-order valence-corrected chi connectivity index (χ4v) is 11.1. The van der Waals surface area contributed by atoms with Gasteiger partial charge >= 0.3 is 0 Å². The number of hydrogen-bond acceptors (Lipinski definition) is 1. The zero-order valence-electron chi connectivity index (χ0n) is 47.7. The van der Waals surface area contributed by atoms with E-state index >= 15 is 0 Å². The average molecular weight is 944 g/mol. The van der Waals surface area contributed by atoms with Crippen LogP contribution < -0.4 is 0 Å². The standard InChI is InChI=1S/C66H134O/c1-3-4-5-6-7-8-9-10-11-12-13-14-15-16-17-18-19-20-21-22-23-24-25-26-27-28-29-30-31-32-33-34-35-36-37-38-39-40-41-42-43-44-45-46-47-48-49-50-51-52-53-54-55-56-57-58-59-60-61-62-63-64-65-66-67-2/h3-66H2,1-2H3. The van der Waals surface area contributed by atoms with Crippen LogP contribution in [0.5, 0.6) is 0 Å². The summed E-state index contributed by atoms with van der Waals surface area (Å²) in [5, 5.41) is 0. The summed E-state index contributed by atoms with van der Waals surface area (Å²) in [6.45, 7) is 3.26. The molecular formula is C66H134O. The molecule has 0 unspecified atom stereocenters. The predicted octanol–water partition coefficient (Wildman–Crippen LogP) is 25.2. The summed E-state index contributed by atoms with van der Waals surface area (Å²) in [5.74, 6) is 0. The maximum absolute atomic E-state index is 5.13. The monoisotopic (exact) mass is 943 g/mol. The molecule has 0 aromatic heterocycles. The molecule has 0 aromatic carbocycles. The molecule has 0 aliphatic heterocycles. The molecule has 0 aliphatic rings. The molecule has 67 heavy (non-hydrogen) atoms. The van der Waals surface area contributed by atoms with Gasteiger partial charge in [0, 0.05) is 13.7 Å². The smallest absolute Gasteiger partial charge is 0.0462 e. The van der Waals surface area contributed by atoms with E-state index in [-0.39, 0.29) is 0 Å². The number of ether oxygens (including phenoxy) is 1. The van der Waals surface area contributed by atoms with Crippen LogP contribution in [0, 0.1) is 0 Å². The molecule has 0 amide bonds. The van der Waals surface area contributed by atoms with E-state index in [1.54, 1.807) is 0 Å². The minimum atomic E-state index is 0.944. The summed E-state index contributed by atoms with van der Waals surface area (Å²) in [5.41, 5.74) is 0. The predicted molar refractivity (Wildman–Crippen MR) is 308 cm³/mol. The molecule has 0 N–H and O–H groups in total. The van der Waals surface area contributed by atoms with Crippen LogP contribution in [0.3, 0.4) is 0 Å². The maximum Gasteiger partial charge on any atom is 0.0462 e. The summed E-state index contributed by atoms with van der Waals surface area (Å²) in [7, 11) is 1.81. The second kappa shape index (κ2) is 66.0. The Morgan fingerprint density at radius 1 is 0.134 bits per heavy atom. The first-order valence-corrected chi connectivity index (χ1v) is 32.9. The van der Waals surface area contributed by atoms with Crippen molar-refractivity contribution in [2.45, 2.75) is 411 Å². The Morgan fingerprint density at radius 2 is 0.224 bits per heavy atom. The van der Waals surface area contributed by atoms with Crippen molar-refractivity contribution >= 4 is 0 Å². The van der Waals surface area contributed by atoms with Gasteiger partial charge in [-0.1, -0.05) is 405 Å². The van der Waals surface area contributed by atoms with E-state index in [0.29, 0.717) is 0 Å². The molecule has 0 saturated carbocycles. The number of hydrogen-bond donors (Lipinski definition) is 0. The normalized spacial score (nSPS) is 11.7. The Bertz CT molecular complexity index is 726. The third-order valence-corrected chi connectivity index (χ3v) is 16.0. The first-order chi connectivity index (χ1) is 33.4. The highest BCUT2D eigenvalue weighted by Crippen LogP contribution is 2.20. The highest BCUT2D eigenvalue weighted by atomic mass is 16.5. The second-order valence-electron chi connectivity index (χ2n) is 22.9. The number of rotatable bonds is 64. The van der Waals surface area contributed by atoms with Crippen molar-refractivity contribution in [2.24, 2.45) is 0 Å². The first-order valence-electron chi connectivity index (χ1n) is 32.9. The highest BCUT2D eigenvalue weighted by molar-refractivity contribution is 4.56. The summed E-state index contributed by atoms with van der Waals surface area (Å²) < 4.78 is 5.13. The van der Waals surface area contributed by atoms with Crippen LogP contribution in [0.4, 0.5) is 0 Å². The topological polar surface area (TPSA) is 9.23 Å². The quantitative estimate of drug-likeness (QED) is 0.0552. The van der Waals surface area contributed by atoms with Crippen LogP contribution in [0.25, 0.3) is 0 Å². The molecule has 1 heteroatoms. The minimum Gasteiger partial charge on any atom is -0.385 e. The van der Waals surface area contributed by atoms with Crippen molar-refractivity contribution < 1.29 is 4.74 Å². The van der Waals surface area contributed by atoms with Gasteiger partial charge in [0.15, 0.2) is 0 Å². The van der Waals surface area contributed by atoms with Gasteiger partial charge in [-0.15, -0.1) is 0 Å². The van der Waals surface area contributed by atoms with Crippen LogP contribution in [0.2, 0.25) is 0 Å². The maximum atomic E-state index is 5.13. The van der Waals surface area contributed by atoms with Gasteiger partial charge in [0.1, 0.15) is 0 Å². The first kappa shape index (κ1) is 67.0. The average Bonchev–Trinajstić information content (AvgIpc) is 3.34. The Labute approximate surface area is 428 Å². The van der Waals surface area contributed by atoms with Crippen LogP contribution in [-0.2, 0) is 4.74 Å². The molecule has 1 nitrogen and oxygen atoms in total. The zero-order valence-corrected chi connectivity index (χ0v) is 47.7. The van der Waals surface area contributed by atoms with Gasteiger partial charge < -0.3 is 4.74 Å². The van der Waals surface area contributed by atoms with Gasteiger partial charge in [-0.05, 0) is 6.42 Å². The summed E-state index contributed by atoms with van der Waals surface area (Å²) >= 11 is 0. The molecule has 404 valence electrons. The van der Waals surface area contributed by atoms with E-state index < -0.39 is 0 Å². The lowest BCUT2D eigenvalue weighted by atomic mass is 10.0. The van der Waals surface area contributed by atoms with E-state index in [1.165, 1.54) is 405 Å². The van der Waals surface area contributed by atoms with Gasteiger partial charge in [0.25, 0.3) is 0 Å². The lowest BCUT2D eigenvalue weighted by molar-refractivity contribution is 0.192. The number of unbranched alkanes of at least 4 members (excludes halogenated alkanes) is 62.